The minimum atomic E-state index is -5.90. The van der Waals surface area contributed by atoms with Crippen LogP contribution in [-0.4, -0.2) is 45.8 Å². The van der Waals surface area contributed by atoms with Crippen molar-refractivity contribution in [2.24, 2.45) is 0 Å². The number of ether oxygens (including phenoxy) is 1. The summed E-state index contributed by atoms with van der Waals surface area (Å²) in [5, 5.41) is 18.3. The number of para-hydroxylation sites is 1. The lowest BCUT2D eigenvalue weighted by Crippen LogP contribution is -2.30. The summed E-state index contributed by atoms with van der Waals surface area (Å²) in [7, 11) is -8.89. The maximum absolute atomic E-state index is 14.3. The number of hydrogen-bond acceptors (Lipinski definition) is 6. The molecule has 4 aromatic rings. The highest BCUT2D eigenvalue weighted by atomic mass is 35.5. The Hall–Kier alpha value is -3.68. The van der Waals surface area contributed by atoms with E-state index in [1.807, 2.05) is 0 Å². The maximum Gasteiger partial charge on any atom is 0.399 e. The van der Waals surface area contributed by atoms with Crippen LogP contribution in [0.5, 0.6) is 5.75 Å². The van der Waals surface area contributed by atoms with Gasteiger partial charge in [-0.3, -0.25) is 4.57 Å². The fraction of sp³-hybridized carbons (Fsp3) is 0.167. The second kappa shape index (κ2) is 13.4. The molecule has 0 spiro atoms. The van der Waals surface area contributed by atoms with Crippen molar-refractivity contribution in [3.05, 3.63) is 118 Å². The number of aromatic carboxylic acids is 1. The number of benzene rings is 4. The number of methoxy groups -OCH3 is 1. The minimum Gasteiger partial charge on any atom is -0.495 e. The minimum absolute atomic E-state index is 0.0589. The van der Waals surface area contributed by atoms with E-state index in [1.54, 1.807) is 36.4 Å². The first-order valence-corrected chi connectivity index (χ1v) is 16.4. The summed E-state index contributed by atoms with van der Waals surface area (Å²) in [4.78, 5) is 29.7. The molecule has 0 radical (unpaired) electrons. The van der Waals surface area contributed by atoms with Gasteiger partial charge < -0.3 is 24.7 Å². The number of carboxylic acids is 1. The highest BCUT2D eigenvalue weighted by molar-refractivity contribution is 7.89. The first kappa shape index (κ1) is 34.2. The summed E-state index contributed by atoms with van der Waals surface area (Å²) >= 11 is 6.01. The molecule has 0 aliphatic heterocycles. The summed E-state index contributed by atoms with van der Waals surface area (Å²) in [6.07, 6.45) is 0. The zero-order valence-corrected chi connectivity index (χ0v) is 25.9. The Bertz CT molecular complexity index is 1880. The lowest BCUT2D eigenvalue weighted by atomic mass is 9.98. The van der Waals surface area contributed by atoms with Crippen molar-refractivity contribution in [3.8, 4) is 16.9 Å². The first-order chi connectivity index (χ1) is 21.1. The number of aliphatic hydroxyl groups excluding tert-OH is 1. The number of aliphatic hydroxyl groups is 1. The molecule has 15 heteroatoms. The molecular formula is C30H27ClF2NO9PS. The third-order valence-electron chi connectivity index (χ3n) is 6.93. The smallest absolute Gasteiger partial charge is 0.399 e. The molecular weight excluding hydrogens is 655 g/mol. The van der Waals surface area contributed by atoms with Gasteiger partial charge in [0.25, 0.3) is 0 Å². The predicted molar refractivity (Wildman–Crippen MR) is 162 cm³/mol. The fourth-order valence-corrected chi connectivity index (χ4v) is 7.03. The Labute approximate surface area is 262 Å². The van der Waals surface area contributed by atoms with Crippen LogP contribution in [0, 0.1) is 0 Å². The van der Waals surface area contributed by atoms with Gasteiger partial charge in [0, 0.05) is 13.1 Å². The van der Waals surface area contributed by atoms with Crippen molar-refractivity contribution < 1.29 is 51.3 Å². The molecule has 0 aliphatic rings. The van der Waals surface area contributed by atoms with Gasteiger partial charge in [-0.1, -0.05) is 72.3 Å². The van der Waals surface area contributed by atoms with Gasteiger partial charge in [0.2, 0.25) is 10.0 Å². The van der Waals surface area contributed by atoms with Gasteiger partial charge in [-0.25, -0.2) is 13.2 Å². The third kappa shape index (κ3) is 7.26. The van der Waals surface area contributed by atoms with Gasteiger partial charge in [-0.2, -0.15) is 13.1 Å². The van der Waals surface area contributed by atoms with Gasteiger partial charge in [0.1, 0.15) is 10.6 Å². The lowest BCUT2D eigenvalue weighted by molar-refractivity contribution is 0.0565. The molecule has 4 aromatic carbocycles. The number of rotatable bonds is 12. The fourth-order valence-electron chi connectivity index (χ4n) is 4.56. The van der Waals surface area contributed by atoms with Gasteiger partial charge in [-0.15, -0.1) is 0 Å². The summed E-state index contributed by atoms with van der Waals surface area (Å²) < 4.78 is 74.2. The highest BCUT2D eigenvalue weighted by Gasteiger charge is 2.51. The van der Waals surface area contributed by atoms with Crippen molar-refractivity contribution in [2.45, 2.75) is 30.3 Å². The quantitative estimate of drug-likeness (QED) is 0.135. The van der Waals surface area contributed by atoms with E-state index in [4.69, 9.17) is 26.1 Å². The van der Waals surface area contributed by atoms with Crippen LogP contribution in [-0.2, 0) is 39.9 Å². The second-order valence-electron chi connectivity index (χ2n) is 9.86. The van der Waals surface area contributed by atoms with Gasteiger partial charge in [-0.05, 0) is 52.1 Å². The van der Waals surface area contributed by atoms with Crippen molar-refractivity contribution >= 4 is 35.2 Å². The monoisotopic (exact) mass is 681 g/mol. The SMILES string of the molecule is COc1ccccc1S(=O)(=O)N(Cc1ccc(-c2ccc(CO)c(C(=O)O)c2)cc1)Cc1ccc(C(F)(F)P(=O)(O)O)c(Cl)c1. The molecule has 4 N–H and O–H groups in total. The van der Waals surface area contributed by atoms with E-state index >= 15 is 0 Å². The van der Waals surface area contributed by atoms with Crippen LogP contribution in [0.15, 0.2) is 89.8 Å². The molecule has 238 valence electrons. The van der Waals surface area contributed by atoms with E-state index in [-0.39, 0.29) is 40.4 Å². The van der Waals surface area contributed by atoms with Crippen LogP contribution in [0.25, 0.3) is 11.1 Å². The molecule has 0 amide bonds. The average molecular weight is 682 g/mol. The van der Waals surface area contributed by atoms with Crippen LogP contribution >= 0.6 is 19.2 Å². The Morgan fingerprint density at radius 1 is 0.933 bits per heavy atom. The van der Waals surface area contributed by atoms with Crippen LogP contribution in [0.4, 0.5) is 8.78 Å². The molecule has 0 unspecified atom stereocenters. The summed E-state index contributed by atoms with van der Waals surface area (Å²) in [6.45, 7) is -1.02. The molecule has 0 bridgehead atoms. The largest absolute Gasteiger partial charge is 0.495 e. The normalized spacial score (nSPS) is 12.4. The molecule has 0 fully saturated rings. The Kier molecular flexibility index (Phi) is 10.1. The van der Waals surface area contributed by atoms with E-state index in [9.17, 15) is 36.8 Å². The Morgan fingerprint density at radius 2 is 1.53 bits per heavy atom. The van der Waals surface area contributed by atoms with Crippen LogP contribution < -0.4 is 4.74 Å². The van der Waals surface area contributed by atoms with Crippen LogP contribution in [0.1, 0.15) is 32.6 Å². The number of carbonyl (C=O) groups is 1. The molecule has 0 saturated carbocycles. The predicted octanol–water partition coefficient (Wildman–Crippen LogP) is 5.82. The topological polar surface area (TPSA) is 162 Å². The number of hydrogen-bond donors (Lipinski definition) is 4. The number of halogens is 3. The number of carboxylic acid groups (broad SMARTS) is 1. The molecule has 10 nitrogen and oxygen atoms in total. The van der Waals surface area contributed by atoms with E-state index in [1.165, 1.54) is 37.4 Å². The summed E-state index contributed by atoms with van der Waals surface area (Å²) in [6, 6.07) is 19.9. The zero-order valence-electron chi connectivity index (χ0n) is 23.5. The lowest BCUT2D eigenvalue weighted by Gasteiger charge is -2.24. The van der Waals surface area contributed by atoms with Crippen molar-refractivity contribution in [1.82, 2.24) is 4.31 Å². The van der Waals surface area contributed by atoms with Crippen LogP contribution in [0.2, 0.25) is 5.02 Å². The first-order valence-electron chi connectivity index (χ1n) is 13.0. The Morgan fingerprint density at radius 3 is 2.11 bits per heavy atom. The van der Waals surface area contributed by atoms with Gasteiger partial charge in [0.15, 0.2) is 0 Å². The number of sulfonamides is 1. The molecule has 0 aliphatic carbocycles. The van der Waals surface area contributed by atoms with Crippen molar-refractivity contribution in [2.75, 3.05) is 7.11 Å². The zero-order chi connectivity index (χ0) is 33.2. The molecule has 0 aromatic heterocycles. The van der Waals surface area contributed by atoms with E-state index in [0.717, 1.165) is 22.5 Å². The van der Waals surface area contributed by atoms with Crippen molar-refractivity contribution in [3.63, 3.8) is 0 Å². The summed E-state index contributed by atoms with van der Waals surface area (Å²) in [5.41, 5.74) is -3.63. The Balaban J connectivity index is 1.71. The maximum atomic E-state index is 14.3. The van der Waals surface area contributed by atoms with Gasteiger partial charge >= 0.3 is 19.2 Å². The third-order valence-corrected chi connectivity index (χ3v) is 10.0. The molecule has 0 heterocycles. The molecule has 45 heavy (non-hydrogen) atoms. The molecule has 0 saturated heterocycles. The average Bonchev–Trinajstić information content (AvgIpc) is 3.00. The van der Waals surface area contributed by atoms with E-state index < -0.39 is 46.4 Å². The van der Waals surface area contributed by atoms with Gasteiger partial charge in [0.05, 0.1) is 29.9 Å². The molecule has 4 rings (SSSR count). The number of nitrogens with zero attached hydrogens (tertiary/aromatic N) is 1. The summed E-state index contributed by atoms with van der Waals surface area (Å²) in [5.74, 6) is -1.14. The van der Waals surface area contributed by atoms with Crippen molar-refractivity contribution in [1.29, 1.82) is 0 Å². The van der Waals surface area contributed by atoms with Crippen LogP contribution in [0.3, 0.4) is 0 Å². The van der Waals surface area contributed by atoms with E-state index in [2.05, 4.69) is 0 Å². The van der Waals surface area contributed by atoms with E-state index in [0.29, 0.717) is 16.7 Å². The second-order valence-corrected chi connectivity index (χ2v) is 13.8. The standard InChI is InChI=1S/C30H27ClF2NO9PS/c1-43-27-4-2-3-5-28(27)45(41,42)34(17-20-8-13-25(26(31)14-20)30(32,33)44(38,39)40)16-19-6-9-21(10-7-19)22-11-12-23(18-35)24(15-22)29(36)37/h2-15,35H,16-18H2,1H3,(H,36,37)(H2,38,39,40). The molecule has 0 atom stereocenters. The number of alkyl halides is 2. The highest BCUT2D eigenvalue weighted by Crippen LogP contribution is 2.60.